The van der Waals surface area contributed by atoms with E-state index in [1.54, 1.807) is 38.3 Å². The number of hydrogen-bond donors (Lipinski definition) is 1. The van der Waals surface area contributed by atoms with Crippen LogP contribution in [0.1, 0.15) is 24.4 Å². The zero-order valence-corrected chi connectivity index (χ0v) is 26.1. The van der Waals surface area contributed by atoms with Gasteiger partial charge in [-0.1, -0.05) is 30.7 Å². The van der Waals surface area contributed by atoms with E-state index in [1.807, 2.05) is 30.5 Å². The van der Waals surface area contributed by atoms with Crippen molar-refractivity contribution in [1.82, 2.24) is 19.3 Å². The summed E-state index contributed by atoms with van der Waals surface area (Å²) in [5.41, 5.74) is 3.39. The van der Waals surface area contributed by atoms with Gasteiger partial charge in [0.1, 0.15) is 41.1 Å². The topological polar surface area (TPSA) is 107 Å². The Kier molecular flexibility index (Phi) is 9.40. The van der Waals surface area contributed by atoms with Gasteiger partial charge in [-0.15, -0.1) is 11.3 Å². The van der Waals surface area contributed by atoms with Crippen LogP contribution in [0.3, 0.4) is 0 Å². The predicted molar refractivity (Wildman–Crippen MR) is 168 cm³/mol. The summed E-state index contributed by atoms with van der Waals surface area (Å²) >= 11 is 7.89. The van der Waals surface area contributed by atoms with E-state index in [2.05, 4.69) is 15.3 Å². The average molecular weight is 642 g/mol. The Hall–Kier alpha value is -3.84. The lowest BCUT2D eigenvalue weighted by Crippen LogP contribution is -2.31. The van der Waals surface area contributed by atoms with Crippen molar-refractivity contribution in [2.45, 2.75) is 27.0 Å². The fraction of sp³-hybridized carbons (Fsp3) is 0.233. The Balaban J connectivity index is 1.40. The summed E-state index contributed by atoms with van der Waals surface area (Å²) in [5.74, 6) is 1.28. The van der Waals surface area contributed by atoms with Crippen LogP contribution >= 0.6 is 22.9 Å². The molecule has 0 aliphatic rings. The maximum absolute atomic E-state index is 13.5. The van der Waals surface area contributed by atoms with Gasteiger partial charge in [-0.25, -0.2) is 27.8 Å². The molecule has 43 heavy (non-hydrogen) atoms. The molecule has 3 aromatic carbocycles. The number of thiazole rings is 1. The van der Waals surface area contributed by atoms with E-state index in [0.29, 0.717) is 56.4 Å². The lowest BCUT2D eigenvalue weighted by Gasteiger charge is -2.17. The molecule has 0 spiro atoms. The van der Waals surface area contributed by atoms with Crippen molar-refractivity contribution in [3.05, 3.63) is 87.7 Å². The highest BCUT2D eigenvalue weighted by Gasteiger charge is 2.21. The van der Waals surface area contributed by atoms with Gasteiger partial charge in [0.25, 0.3) is 0 Å². The molecular weight excluding hydrogens is 613 g/mol. The van der Waals surface area contributed by atoms with Crippen LogP contribution < -0.4 is 14.8 Å². The monoisotopic (exact) mass is 641 g/mol. The van der Waals surface area contributed by atoms with Crippen molar-refractivity contribution in [1.29, 1.82) is 0 Å². The van der Waals surface area contributed by atoms with Crippen LogP contribution in [0.2, 0.25) is 5.02 Å². The van der Waals surface area contributed by atoms with E-state index < -0.39 is 10.0 Å². The third-order valence-electron chi connectivity index (χ3n) is 6.68. The van der Waals surface area contributed by atoms with Gasteiger partial charge >= 0.3 is 0 Å². The summed E-state index contributed by atoms with van der Waals surface area (Å²) in [6.45, 7) is 4.18. The number of hydrogen-bond acceptors (Lipinski definition) is 9. The van der Waals surface area contributed by atoms with Crippen molar-refractivity contribution >= 4 is 55.4 Å². The number of fused-ring (bicyclic) bond motifs is 1. The van der Waals surface area contributed by atoms with Gasteiger partial charge in [-0.3, -0.25) is 0 Å². The summed E-state index contributed by atoms with van der Waals surface area (Å²) in [5, 5.41) is 6.95. The van der Waals surface area contributed by atoms with Crippen molar-refractivity contribution in [3.63, 3.8) is 0 Å². The third kappa shape index (κ3) is 7.04. The van der Waals surface area contributed by atoms with Crippen LogP contribution in [0.15, 0.2) is 66.3 Å². The first-order valence-corrected chi connectivity index (χ1v) is 16.3. The van der Waals surface area contributed by atoms with Crippen LogP contribution in [-0.2, 0) is 23.2 Å². The van der Waals surface area contributed by atoms with E-state index >= 15 is 0 Å². The molecule has 224 valence electrons. The SMILES string of the molecule is CCN(Cc1nc(-c2cc3c(Nc4ccc(OCc5cccc(F)c5)c(Cl)c4)ncnc3cc2OC)cs1)S(=O)(=O)CC. The predicted octanol–water partition coefficient (Wildman–Crippen LogP) is 7.05. The molecule has 0 saturated carbocycles. The Morgan fingerprint density at radius 1 is 1.07 bits per heavy atom. The molecule has 13 heteroatoms. The van der Waals surface area contributed by atoms with Crippen molar-refractivity contribution < 1.29 is 22.3 Å². The van der Waals surface area contributed by atoms with E-state index in [4.69, 9.17) is 26.1 Å². The normalized spacial score (nSPS) is 11.7. The van der Waals surface area contributed by atoms with Crippen LogP contribution in [0.5, 0.6) is 11.5 Å². The highest BCUT2D eigenvalue weighted by molar-refractivity contribution is 7.89. The van der Waals surface area contributed by atoms with Gasteiger partial charge < -0.3 is 14.8 Å². The first-order valence-electron chi connectivity index (χ1n) is 13.4. The number of benzene rings is 3. The second-order valence-electron chi connectivity index (χ2n) is 9.43. The van der Waals surface area contributed by atoms with E-state index in [-0.39, 0.29) is 24.7 Å². The van der Waals surface area contributed by atoms with E-state index in [9.17, 15) is 12.8 Å². The Morgan fingerprint density at radius 3 is 2.63 bits per heavy atom. The number of nitrogens with one attached hydrogen (secondary N) is 1. The largest absolute Gasteiger partial charge is 0.496 e. The maximum atomic E-state index is 13.5. The van der Waals surface area contributed by atoms with Gasteiger partial charge in [-0.05, 0) is 48.9 Å². The maximum Gasteiger partial charge on any atom is 0.214 e. The summed E-state index contributed by atoms with van der Waals surface area (Å²) < 4.78 is 51.2. The van der Waals surface area contributed by atoms with Gasteiger partial charge in [-0.2, -0.15) is 4.31 Å². The second kappa shape index (κ2) is 13.2. The van der Waals surface area contributed by atoms with E-state index in [0.717, 1.165) is 10.9 Å². The van der Waals surface area contributed by atoms with Crippen molar-refractivity contribution in [2.24, 2.45) is 0 Å². The molecule has 5 aromatic rings. The molecular formula is C30H29ClFN5O4S2. The average Bonchev–Trinajstić information content (AvgIpc) is 3.47. The van der Waals surface area contributed by atoms with Crippen LogP contribution in [0, 0.1) is 5.82 Å². The summed E-state index contributed by atoms with van der Waals surface area (Å²) in [7, 11) is -1.77. The standard InChI is InChI=1S/C30H29ClFN5O4S2/c1-4-37(43(38,39)5-2)15-29-36-26(17-42-29)22-13-23-25(14-28(22)40-3)33-18-34-30(23)35-21-9-10-27(24(31)12-21)41-16-19-7-6-8-20(32)11-19/h6-14,17-18H,4-5,15-16H2,1-3H3,(H,33,34,35). The van der Waals surface area contributed by atoms with E-state index in [1.165, 1.54) is 34.1 Å². The summed E-state index contributed by atoms with van der Waals surface area (Å²) in [4.78, 5) is 13.6. The number of anilines is 2. The molecule has 0 amide bonds. The lowest BCUT2D eigenvalue weighted by molar-refractivity contribution is 0.306. The molecule has 2 aromatic heterocycles. The van der Waals surface area contributed by atoms with Gasteiger partial charge in [0, 0.05) is 34.6 Å². The quantitative estimate of drug-likeness (QED) is 0.154. The van der Waals surface area contributed by atoms with Crippen LogP contribution in [0.25, 0.3) is 22.2 Å². The minimum absolute atomic E-state index is 0.0310. The van der Waals surface area contributed by atoms with Crippen LogP contribution in [0.4, 0.5) is 15.9 Å². The molecule has 0 aliphatic carbocycles. The first kappa shape index (κ1) is 30.6. The van der Waals surface area contributed by atoms with Crippen molar-refractivity contribution in [3.8, 4) is 22.8 Å². The fourth-order valence-electron chi connectivity index (χ4n) is 4.42. The molecule has 0 saturated heterocycles. The molecule has 0 bridgehead atoms. The number of sulfonamides is 1. The number of ether oxygens (including phenoxy) is 2. The third-order valence-corrected chi connectivity index (χ3v) is 9.72. The Bertz CT molecular complexity index is 1870. The molecule has 5 rings (SSSR count). The number of rotatable bonds is 12. The summed E-state index contributed by atoms with van der Waals surface area (Å²) in [6.07, 6.45) is 1.45. The second-order valence-corrected chi connectivity index (χ2v) is 13.0. The van der Waals surface area contributed by atoms with Gasteiger partial charge in [0.2, 0.25) is 10.0 Å². The molecule has 0 aliphatic heterocycles. The number of halogens is 2. The van der Waals surface area contributed by atoms with Gasteiger partial charge in [0.15, 0.2) is 0 Å². The minimum Gasteiger partial charge on any atom is -0.496 e. The zero-order valence-electron chi connectivity index (χ0n) is 23.7. The summed E-state index contributed by atoms with van der Waals surface area (Å²) in [6, 6.07) is 15.2. The molecule has 1 N–H and O–H groups in total. The highest BCUT2D eigenvalue weighted by atomic mass is 35.5. The van der Waals surface area contributed by atoms with Crippen LogP contribution in [-0.4, -0.2) is 47.1 Å². The molecule has 0 unspecified atom stereocenters. The molecule has 2 heterocycles. The Labute approximate surface area is 258 Å². The first-order chi connectivity index (χ1) is 20.7. The highest BCUT2D eigenvalue weighted by Crippen LogP contribution is 2.37. The molecule has 0 fully saturated rings. The van der Waals surface area contributed by atoms with Gasteiger partial charge in [0.05, 0.1) is 35.6 Å². The fourth-order valence-corrected chi connectivity index (χ4v) is 6.62. The lowest BCUT2D eigenvalue weighted by atomic mass is 10.1. The Morgan fingerprint density at radius 2 is 1.91 bits per heavy atom. The number of aromatic nitrogens is 3. The molecule has 0 radical (unpaired) electrons. The molecule has 9 nitrogen and oxygen atoms in total. The number of methoxy groups -OCH3 is 1. The van der Waals surface area contributed by atoms with Crippen molar-refractivity contribution in [2.75, 3.05) is 24.7 Å². The minimum atomic E-state index is -3.34. The molecule has 0 atom stereocenters. The number of nitrogens with zero attached hydrogens (tertiary/aromatic N) is 4. The smallest absolute Gasteiger partial charge is 0.214 e. The zero-order chi connectivity index (χ0) is 30.6.